The minimum Gasteiger partial charge on any atom is -0.494 e. The van der Waals surface area contributed by atoms with E-state index in [1.54, 1.807) is 17.4 Å². The highest BCUT2D eigenvalue weighted by atomic mass is 35.5. The summed E-state index contributed by atoms with van der Waals surface area (Å²) in [7, 11) is 0. The molecule has 2 heterocycles. The van der Waals surface area contributed by atoms with Crippen molar-refractivity contribution in [2.45, 2.75) is 26.3 Å². The summed E-state index contributed by atoms with van der Waals surface area (Å²) in [4.78, 5) is 16.2. The lowest BCUT2D eigenvalue weighted by molar-refractivity contribution is 0.0930. The Morgan fingerprint density at radius 3 is 3.04 bits per heavy atom. The first kappa shape index (κ1) is 19.2. The standard InChI is InChI=1S/C20H25ClN2O2S/c1-2-25-17-7-3-6-16(11-17)20(24)22-12-15-5-4-10-23(13-15)14-18-8-9-19(21)26-18/h3,6-9,11,15H,2,4-5,10,12-14H2,1H3,(H,22,24). The molecule has 2 aromatic rings. The fourth-order valence-electron chi connectivity index (χ4n) is 3.35. The minimum absolute atomic E-state index is 0.0336. The third kappa shape index (κ3) is 5.47. The molecule has 0 radical (unpaired) electrons. The van der Waals surface area contributed by atoms with E-state index in [9.17, 15) is 4.79 Å². The number of hydrogen-bond acceptors (Lipinski definition) is 4. The number of carbonyl (C=O) groups excluding carboxylic acids is 1. The topological polar surface area (TPSA) is 41.6 Å². The van der Waals surface area contributed by atoms with E-state index in [0.717, 1.165) is 36.1 Å². The first-order valence-corrected chi connectivity index (χ1v) is 10.3. The molecule has 1 fully saturated rings. The summed E-state index contributed by atoms with van der Waals surface area (Å²) in [5.74, 6) is 1.19. The largest absolute Gasteiger partial charge is 0.494 e. The highest BCUT2D eigenvalue weighted by Gasteiger charge is 2.21. The quantitative estimate of drug-likeness (QED) is 0.757. The third-order valence-electron chi connectivity index (χ3n) is 4.57. The molecule has 1 aliphatic heterocycles. The maximum Gasteiger partial charge on any atom is 0.251 e. The van der Waals surface area contributed by atoms with Crippen LogP contribution in [0.3, 0.4) is 0 Å². The fourth-order valence-corrected chi connectivity index (χ4v) is 4.48. The number of nitrogens with one attached hydrogen (secondary N) is 1. The highest BCUT2D eigenvalue weighted by Crippen LogP contribution is 2.25. The first-order chi connectivity index (χ1) is 12.6. The first-order valence-electron chi connectivity index (χ1n) is 9.11. The van der Waals surface area contributed by atoms with Gasteiger partial charge in [-0.15, -0.1) is 11.3 Å². The Kier molecular flexibility index (Phi) is 6.94. The number of benzene rings is 1. The summed E-state index contributed by atoms with van der Waals surface area (Å²) in [5.41, 5.74) is 0.650. The van der Waals surface area contributed by atoms with Gasteiger partial charge in [-0.25, -0.2) is 0 Å². The van der Waals surface area contributed by atoms with Gasteiger partial charge < -0.3 is 10.1 Å². The van der Waals surface area contributed by atoms with Gasteiger partial charge in [-0.05, 0) is 62.6 Å². The molecule has 0 saturated carbocycles. The van der Waals surface area contributed by atoms with Crippen molar-refractivity contribution in [1.82, 2.24) is 10.2 Å². The molecule has 1 amide bonds. The van der Waals surface area contributed by atoms with Crippen LogP contribution in [0.15, 0.2) is 36.4 Å². The number of nitrogens with zero attached hydrogens (tertiary/aromatic N) is 1. The Morgan fingerprint density at radius 2 is 2.27 bits per heavy atom. The van der Waals surface area contributed by atoms with Crippen LogP contribution in [-0.4, -0.2) is 37.0 Å². The summed E-state index contributed by atoms with van der Waals surface area (Å²) in [5, 5.41) is 3.09. The van der Waals surface area contributed by atoms with E-state index < -0.39 is 0 Å². The van der Waals surface area contributed by atoms with Gasteiger partial charge in [0.1, 0.15) is 5.75 Å². The van der Waals surface area contributed by atoms with Crippen LogP contribution in [-0.2, 0) is 6.54 Å². The van der Waals surface area contributed by atoms with E-state index in [-0.39, 0.29) is 5.91 Å². The molecule has 1 unspecified atom stereocenters. The van der Waals surface area contributed by atoms with E-state index in [0.29, 0.717) is 24.6 Å². The second-order valence-electron chi connectivity index (χ2n) is 6.62. The number of piperidine rings is 1. The zero-order valence-electron chi connectivity index (χ0n) is 15.0. The van der Waals surface area contributed by atoms with Crippen molar-refractivity contribution < 1.29 is 9.53 Å². The van der Waals surface area contributed by atoms with Crippen molar-refractivity contribution in [2.24, 2.45) is 5.92 Å². The van der Waals surface area contributed by atoms with Gasteiger partial charge in [-0.2, -0.15) is 0 Å². The van der Waals surface area contributed by atoms with Gasteiger partial charge in [-0.1, -0.05) is 17.7 Å². The molecule has 6 heteroatoms. The van der Waals surface area contributed by atoms with Crippen molar-refractivity contribution in [2.75, 3.05) is 26.2 Å². The Labute approximate surface area is 164 Å². The van der Waals surface area contributed by atoms with Gasteiger partial charge in [0.15, 0.2) is 0 Å². The van der Waals surface area contributed by atoms with Crippen LogP contribution in [0.25, 0.3) is 0 Å². The maximum atomic E-state index is 12.4. The van der Waals surface area contributed by atoms with Gasteiger partial charge >= 0.3 is 0 Å². The molecule has 1 atom stereocenters. The molecule has 1 aliphatic rings. The Morgan fingerprint density at radius 1 is 1.38 bits per heavy atom. The average molecular weight is 393 g/mol. The van der Waals surface area contributed by atoms with Crippen LogP contribution in [0.5, 0.6) is 5.75 Å². The van der Waals surface area contributed by atoms with Crippen molar-refractivity contribution in [3.05, 3.63) is 51.2 Å². The molecule has 1 aromatic heterocycles. The SMILES string of the molecule is CCOc1cccc(C(=O)NCC2CCCN(Cc3ccc(Cl)s3)C2)c1. The Balaban J connectivity index is 1.49. The Bertz CT molecular complexity index is 734. The van der Waals surface area contributed by atoms with Gasteiger partial charge in [0.25, 0.3) is 5.91 Å². The van der Waals surface area contributed by atoms with E-state index in [1.165, 1.54) is 11.3 Å². The van der Waals surface area contributed by atoms with E-state index in [4.69, 9.17) is 16.3 Å². The van der Waals surface area contributed by atoms with Gasteiger partial charge in [0, 0.05) is 30.1 Å². The summed E-state index contributed by atoms with van der Waals surface area (Å²) in [6.07, 6.45) is 2.32. The summed E-state index contributed by atoms with van der Waals surface area (Å²) >= 11 is 7.67. The predicted octanol–water partition coefficient (Wildman–Crippen LogP) is 4.44. The molecule has 140 valence electrons. The predicted molar refractivity (Wildman–Crippen MR) is 107 cm³/mol. The van der Waals surface area contributed by atoms with Crippen molar-refractivity contribution in [1.29, 1.82) is 0 Å². The molecule has 1 saturated heterocycles. The average Bonchev–Trinajstić information content (AvgIpc) is 3.05. The lowest BCUT2D eigenvalue weighted by Gasteiger charge is -2.32. The highest BCUT2D eigenvalue weighted by molar-refractivity contribution is 7.16. The maximum absolute atomic E-state index is 12.4. The number of carbonyl (C=O) groups is 1. The summed E-state index contributed by atoms with van der Waals surface area (Å²) in [6.45, 7) is 6.30. The van der Waals surface area contributed by atoms with Crippen molar-refractivity contribution >= 4 is 28.8 Å². The molecule has 4 nitrogen and oxygen atoms in total. The number of rotatable bonds is 7. The van der Waals surface area contributed by atoms with E-state index >= 15 is 0 Å². The van der Waals surface area contributed by atoms with Gasteiger partial charge in [0.05, 0.1) is 10.9 Å². The molecule has 0 bridgehead atoms. The number of hydrogen-bond donors (Lipinski definition) is 1. The lowest BCUT2D eigenvalue weighted by atomic mass is 9.98. The second-order valence-corrected chi connectivity index (χ2v) is 8.42. The van der Waals surface area contributed by atoms with Gasteiger partial charge in [0.2, 0.25) is 0 Å². The molecular weight excluding hydrogens is 368 g/mol. The number of likely N-dealkylation sites (tertiary alicyclic amines) is 1. The smallest absolute Gasteiger partial charge is 0.251 e. The minimum atomic E-state index is -0.0336. The number of ether oxygens (including phenoxy) is 1. The molecule has 0 aliphatic carbocycles. The third-order valence-corrected chi connectivity index (χ3v) is 5.79. The van der Waals surface area contributed by atoms with Crippen LogP contribution >= 0.6 is 22.9 Å². The molecule has 1 N–H and O–H groups in total. The van der Waals surface area contributed by atoms with Crippen molar-refractivity contribution in [3.63, 3.8) is 0 Å². The van der Waals surface area contributed by atoms with Crippen LogP contribution in [0.1, 0.15) is 35.0 Å². The fraction of sp³-hybridized carbons (Fsp3) is 0.450. The Hall–Kier alpha value is -1.56. The number of thiophene rings is 1. The van der Waals surface area contributed by atoms with Crippen LogP contribution < -0.4 is 10.1 Å². The van der Waals surface area contributed by atoms with Crippen molar-refractivity contribution in [3.8, 4) is 5.75 Å². The van der Waals surface area contributed by atoms with E-state index in [2.05, 4.69) is 16.3 Å². The van der Waals surface area contributed by atoms with Gasteiger partial charge in [-0.3, -0.25) is 9.69 Å². The molecule has 0 spiro atoms. The van der Waals surface area contributed by atoms with Crippen LogP contribution in [0, 0.1) is 5.92 Å². The van der Waals surface area contributed by atoms with Crippen LogP contribution in [0.4, 0.5) is 0 Å². The number of halogens is 1. The second kappa shape index (κ2) is 9.40. The molecule has 3 rings (SSSR count). The monoisotopic (exact) mass is 392 g/mol. The molecular formula is C20H25ClN2O2S. The lowest BCUT2D eigenvalue weighted by Crippen LogP contribution is -2.40. The van der Waals surface area contributed by atoms with Crippen LogP contribution in [0.2, 0.25) is 4.34 Å². The zero-order valence-corrected chi connectivity index (χ0v) is 16.6. The molecule has 1 aromatic carbocycles. The summed E-state index contributed by atoms with van der Waals surface area (Å²) in [6, 6.07) is 11.4. The summed E-state index contributed by atoms with van der Waals surface area (Å²) < 4.78 is 6.31. The normalized spacial score (nSPS) is 17.8. The molecule has 26 heavy (non-hydrogen) atoms. The number of amides is 1. The zero-order chi connectivity index (χ0) is 18.4. The van der Waals surface area contributed by atoms with E-state index in [1.807, 2.05) is 31.2 Å².